The van der Waals surface area contributed by atoms with Crippen LogP contribution in [0.3, 0.4) is 0 Å². The van der Waals surface area contributed by atoms with Gasteiger partial charge in [-0.15, -0.1) is 0 Å². The molecule has 0 unspecified atom stereocenters. The summed E-state index contributed by atoms with van der Waals surface area (Å²) in [5, 5.41) is 8.58. The molecule has 5 nitrogen and oxygen atoms in total. The summed E-state index contributed by atoms with van der Waals surface area (Å²) in [6, 6.07) is 18.5. The molecule has 2 aromatic heterocycles. The highest BCUT2D eigenvalue weighted by atomic mass is 35.5. The molecule has 7 heteroatoms. The Bertz CT molecular complexity index is 1250. The van der Waals surface area contributed by atoms with E-state index in [0.717, 1.165) is 11.3 Å². The van der Waals surface area contributed by atoms with Crippen LogP contribution in [0.5, 0.6) is 0 Å². The van der Waals surface area contributed by atoms with Gasteiger partial charge in [0.25, 0.3) is 5.91 Å². The van der Waals surface area contributed by atoms with Crippen molar-refractivity contribution in [1.29, 1.82) is 0 Å². The van der Waals surface area contributed by atoms with Crippen molar-refractivity contribution >= 4 is 29.1 Å². The van der Waals surface area contributed by atoms with Gasteiger partial charge >= 0.3 is 0 Å². The summed E-state index contributed by atoms with van der Waals surface area (Å²) in [5.74, 6) is 1.08. The summed E-state index contributed by atoms with van der Waals surface area (Å²) < 4.78 is 7.49. The number of nitrogens with zero attached hydrogens (tertiary/aromatic N) is 2. The van der Waals surface area contributed by atoms with E-state index in [2.05, 4.69) is 10.4 Å². The molecule has 0 aliphatic heterocycles. The molecule has 0 aliphatic carbocycles. The SMILES string of the molecule is Cc1ccc(-c2c(C)c(C(=O)N[C@@H](C)c3ccccc3)nn2-c2ccc(Cl)cc2Cl)o1. The summed E-state index contributed by atoms with van der Waals surface area (Å²) in [6.07, 6.45) is 0. The summed E-state index contributed by atoms with van der Waals surface area (Å²) in [7, 11) is 0. The number of nitrogens with one attached hydrogen (secondary N) is 1. The first-order valence-electron chi connectivity index (χ1n) is 9.83. The first-order chi connectivity index (χ1) is 14.8. The fourth-order valence-corrected chi connectivity index (χ4v) is 3.97. The fourth-order valence-electron chi connectivity index (χ4n) is 3.48. The van der Waals surface area contributed by atoms with Crippen LogP contribution in [-0.2, 0) is 0 Å². The van der Waals surface area contributed by atoms with E-state index in [9.17, 15) is 4.79 Å². The van der Waals surface area contributed by atoms with Crippen LogP contribution in [0.2, 0.25) is 10.0 Å². The summed E-state index contributed by atoms with van der Waals surface area (Å²) in [6.45, 7) is 5.65. The predicted octanol–water partition coefficient (Wildman–Crippen LogP) is 6.55. The van der Waals surface area contributed by atoms with Crippen molar-refractivity contribution < 1.29 is 9.21 Å². The van der Waals surface area contributed by atoms with E-state index in [1.165, 1.54) is 0 Å². The average molecular weight is 454 g/mol. The highest BCUT2D eigenvalue weighted by molar-refractivity contribution is 6.35. The predicted molar refractivity (Wildman–Crippen MR) is 123 cm³/mol. The smallest absolute Gasteiger partial charge is 0.272 e. The Kier molecular flexibility index (Phi) is 5.90. The molecule has 0 bridgehead atoms. The zero-order chi connectivity index (χ0) is 22.1. The molecule has 2 heterocycles. The van der Waals surface area contributed by atoms with Crippen molar-refractivity contribution in [2.24, 2.45) is 0 Å². The molecule has 158 valence electrons. The van der Waals surface area contributed by atoms with E-state index in [1.54, 1.807) is 22.9 Å². The Morgan fingerprint density at radius 1 is 1.06 bits per heavy atom. The Hall–Kier alpha value is -3.02. The molecular formula is C24H21Cl2N3O2. The topological polar surface area (TPSA) is 60.1 Å². The van der Waals surface area contributed by atoms with Crippen molar-refractivity contribution in [3.05, 3.63) is 93.3 Å². The molecule has 4 aromatic rings. The standard InChI is InChI=1S/C24H21Cl2N3O2/c1-14-9-12-21(31-14)23-15(2)22(24(30)27-16(3)17-7-5-4-6-8-17)28-29(23)20-11-10-18(25)13-19(20)26/h4-13,16H,1-3H3,(H,27,30)/t16-/m0/s1. The number of aryl methyl sites for hydroxylation is 1. The van der Waals surface area contributed by atoms with Gasteiger partial charge in [-0.05, 0) is 56.7 Å². The monoisotopic (exact) mass is 453 g/mol. The summed E-state index contributed by atoms with van der Waals surface area (Å²) >= 11 is 12.5. The van der Waals surface area contributed by atoms with E-state index in [0.29, 0.717) is 38.4 Å². The molecule has 0 fully saturated rings. The fraction of sp³-hybridized carbons (Fsp3) is 0.167. The number of aromatic nitrogens is 2. The average Bonchev–Trinajstić information content (AvgIpc) is 3.31. The van der Waals surface area contributed by atoms with Gasteiger partial charge in [0.05, 0.1) is 16.8 Å². The van der Waals surface area contributed by atoms with Gasteiger partial charge < -0.3 is 9.73 Å². The zero-order valence-electron chi connectivity index (χ0n) is 17.3. The number of amides is 1. The van der Waals surface area contributed by atoms with E-state index in [1.807, 2.05) is 63.2 Å². The number of furan rings is 1. The number of hydrogen-bond acceptors (Lipinski definition) is 3. The third-order valence-electron chi connectivity index (χ3n) is 5.10. The zero-order valence-corrected chi connectivity index (χ0v) is 18.8. The second-order valence-corrected chi connectivity index (χ2v) is 8.19. The molecule has 1 amide bonds. The van der Waals surface area contributed by atoms with E-state index >= 15 is 0 Å². The number of benzene rings is 2. The quantitative estimate of drug-likeness (QED) is 0.372. The van der Waals surface area contributed by atoms with E-state index in [-0.39, 0.29) is 11.9 Å². The van der Waals surface area contributed by atoms with E-state index < -0.39 is 0 Å². The van der Waals surface area contributed by atoms with Crippen LogP contribution >= 0.6 is 23.2 Å². The van der Waals surface area contributed by atoms with Gasteiger partial charge in [-0.25, -0.2) is 4.68 Å². The molecule has 0 radical (unpaired) electrons. The molecule has 2 aromatic carbocycles. The minimum atomic E-state index is -0.276. The lowest BCUT2D eigenvalue weighted by Crippen LogP contribution is -2.27. The largest absolute Gasteiger partial charge is 0.460 e. The second-order valence-electron chi connectivity index (χ2n) is 7.35. The lowest BCUT2D eigenvalue weighted by atomic mass is 10.1. The van der Waals surface area contributed by atoms with Gasteiger partial charge in [-0.2, -0.15) is 5.10 Å². The molecule has 4 rings (SSSR count). The molecule has 0 saturated heterocycles. The Balaban J connectivity index is 1.79. The van der Waals surface area contributed by atoms with Crippen molar-refractivity contribution in [2.45, 2.75) is 26.8 Å². The van der Waals surface area contributed by atoms with Crippen molar-refractivity contribution in [3.63, 3.8) is 0 Å². The van der Waals surface area contributed by atoms with Crippen LogP contribution in [0.4, 0.5) is 0 Å². The molecule has 0 aliphatic rings. The normalized spacial score (nSPS) is 12.0. The number of carbonyl (C=O) groups excluding carboxylic acids is 1. The summed E-state index contributed by atoms with van der Waals surface area (Å²) in [4.78, 5) is 13.2. The van der Waals surface area contributed by atoms with Crippen LogP contribution in [0.15, 0.2) is 65.1 Å². The van der Waals surface area contributed by atoms with Gasteiger partial charge in [-0.3, -0.25) is 4.79 Å². The maximum absolute atomic E-state index is 13.2. The first-order valence-corrected chi connectivity index (χ1v) is 10.6. The third kappa shape index (κ3) is 4.24. The molecule has 31 heavy (non-hydrogen) atoms. The lowest BCUT2D eigenvalue weighted by molar-refractivity contribution is 0.0934. The lowest BCUT2D eigenvalue weighted by Gasteiger charge is -2.13. The van der Waals surface area contributed by atoms with Gasteiger partial charge in [0.2, 0.25) is 0 Å². The van der Waals surface area contributed by atoms with Gasteiger partial charge in [0.15, 0.2) is 11.5 Å². The highest BCUT2D eigenvalue weighted by Crippen LogP contribution is 2.33. The van der Waals surface area contributed by atoms with Gasteiger partial charge in [0, 0.05) is 10.6 Å². The second kappa shape index (κ2) is 8.61. The Labute approximate surface area is 190 Å². The number of rotatable bonds is 5. The Morgan fingerprint density at radius 2 is 1.81 bits per heavy atom. The van der Waals surface area contributed by atoms with Gasteiger partial charge in [-0.1, -0.05) is 53.5 Å². The molecule has 0 saturated carbocycles. The van der Waals surface area contributed by atoms with Crippen LogP contribution in [0, 0.1) is 13.8 Å². The van der Waals surface area contributed by atoms with Crippen molar-refractivity contribution in [1.82, 2.24) is 15.1 Å². The minimum Gasteiger partial charge on any atom is -0.460 e. The summed E-state index contributed by atoms with van der Waals surface area (Å²) in [5.41, 5.74) is 3.27. The molecule has 1 N–H and O–H groups in total. The van der Waals surface area contributed by atoms with E-state index in [4.69, 9.17) is 27.6 Å². The van der Waals surface area contributed by atoms with Crippen LogP contribution in [-0.4, -0.2) is 15.7 Å². The van der Waals surface area contributed by atoms with Crippen molar-refractivity contribution in [3.8, 4) is 17.1 Å². The Morgan fingerprint density at radius 3 is 2.45 bits per heavy atom. The highest BCUT2D eigenvalue weighted by Gasteiger charge is 2.25. The van der Waals surface area contributed by atoms with Crippen molar-refractivity contribution in [2.75, 3.05) is 0 Å². The van der Waals surface area contributed by atoms with Crippen LogP contribution < -0.4 is 5.32 Å². The maximum Gasteiger partial charge on any atom is 0.272 e. The first kappa shape index (κ1) is 21.2. The molecular weight excluding hydrogens is 433 g/mol. The van der Waals surface area contributed by atoms with Crippen LogP contribution in [0.25, 0.3) is 17.1 Å². The third-order valence-corrected chi connectivity index (χ3v) is 5.63. The number of carbonyl (C=O) groups is 1. The van der Waals surface area contributed by atoms with Crippen LogP contribution in [0.1, 0.15) is 40.3 Å². The molecule has 1 atom stereocenters. The maximum atomic E-state index is 13.2. The van der Waals surface area contributed by atoms with Gasteiger partial charge in [0.1, 0.15) is 11.5 Å². The minimum absolute atomic E-state index is 0.174. The number of halogens is 2. The molecule has 0 spiro atoms. The number of hydrogen-bond donors (Lipinski definition) is 1.